The normalized spacial score (nSPS) is 17.7. The van der Waals surface area contributed by atoms with Crippen LogP contribution in [0, 0.1) is 17.1 Å². The number of nitrogens with zero attached hydrogens (tertiary/aromatic N) is 4. The first-order valence-electron chi connectivity index (χ1n) is 10.4. The fourth-order valence-corrected chi connectivity index (χ4v) is 4.35. The average Bonchev–Trinajstić information content (AvgIpc) is 3.33. The van der Waals surface area contributed by atoms with Gasteiger partial charge < -0.3 is 9.47 Å². The van der Waals surface area contributed by atoms with Gasteiger partial charge in [0.2, 0.25) is 11.8 Å². The number of imide groups is 1. The summed E-state index contributed by atoms with van der Waals surface area (Å²) in [4.78, 5) is 42.7. The molecule has 3 amide bonds. The van der Waals surface area contributed by atoms with Crippen molar-refractivity contribution in [3.8, 4) is 28.7 Å². The zero-order valence-electron chi connectivity index (χ0n) is 17.6. The van der Waals surface area contributed by atoms with Crippen molar-refractivity contribution in [2.45, 2.75) is 25.4 Å². The van der Waals surface area contributed by atoms with Crippen molar-refractivity contribution in [3.05, 3.63) is 65.1 Å². The van der Waals surface area contributed by atoms with Gasteiger partial charge in [-0.2, -0.15) is 5.26 Å². The molecular formula is C24H18FN5O3. The topological polar surface area (TPSA) is 108 Å². The zero-order valence-corrected chi connectivity index (χ0v) is 17.6. The molecule has 1 atom stereocenters. The monoisotopic (exact) mass is 443 g/mol. The van der Waals surface area contributed by atoms with Crippen molar-refractivity contribution in [1.29, 1.82) is 5.26 Å². The molecule has 1 unspecified atom stereocenters. The van der Waals surface area contributed by atoms with E-state index in [0.717, 1.165) is 11.1 Å². The van der Waals surface area contributed by atoms with E-state index in [2.05, 4.69) is 10.3 Å². The van der Waals surface area contributed by atoms with Crippen LogP contribution in [-0.4, -0.2) is 38.2 Å². The van der Waals surface area contributed by atoms with E-state index in [1.807, 2.05) is 12.3 Å². The van der Waals surface area contributed by atoms with Crippen molar-refractivity contribution in [2.75, 3.05) is 0 Å². The number of nitriles is 1. The number of hydrogen-bond donors (Lipinski definition) is 1. The third kappa shape index (κ3) is 3.46. The number of amides is 3. The number of aryl methyl sites for hydroxylation is 1. The van der Waals surface area contributed by atoms with Gasteiger partial charge in [0, 0.05) is 42.9 Å². The molecule has 8 nitrogen and oxygen atoms in total. The molecule has 0 spiro atoms. The molecular weight excluding hydrogens is 425 g/mol. The molecule has 0 aliphatic carbocycles. The minimum absolute atomic E-state index is 0.0305. The Labute approximate surface area is 188 Å². The number of halogens is 1. The van der Waals surface area contributed by atoms with Crippen molar-refractivity contribution < 1.29 is 18.8 Å². The number of imidazole rings is 1. The summed E-state index contributed by atoms with van der Waals surface area (Å²) in [5.74, 6) is -1.08. The number of hydrogen-bond acceptors (Lipinski definition) is 5. The van der Waals surface area contributed by atoms with Crippen LogP contribution < -0.4 is 5.32 Å². The van der Waals surface area contributed by atoms with Crippen molar-refractivity contribution in [2.24, 2.45) is 7.05 Å². The second-order valence-electron chi connectivity index (χ2n) is 8.14. The molecule has 0 saturated carbocycles. The Balaban J connectivity index is 1.44. The lowest BCUT2D eigenvalue weighted by atomic mass is 10.0. The summed E-state index contributed by atoms with van der Waals surface area (Å²) >= 11 is 0. The average molecular weight is 443 g/mol. The third-order valence-electron chi connectivity index (χ3n) is 6.04. The number of aromatic nitrogens is 2. The predicted molar refractivity (Wildman–Crippen MR) is 115 cm³/mol. The summed E-state index contributed by atoms with van der Waals surface area (Å²) in [7, 11) is 1.80. The molecule has 1 N–H and O–H groups in total. The summed E-state index contributed by atoms with van der Waals surface area (Å²) in [6, 6.07) is 10.9. The number of fused-ring (bicyclic) bond motifs is 1. The smallest absolute Gasteiger partial charge is 0.255 e. The lowest BCUT2D eigenvalue weighted by molar-refractivity contribution is -0.136. The molecule has 1 aromatic heterocycles. The Bertz CT molecular complexity index is 1390. The van der Waals surface area contributed by atoms with E-state index >= 15 is 0 Å². The van der Waals surface area contributed by atoms with E-state index in [0.29, 0.717) is 29.1 Å². The van der Waals surface area contributed by atoms with Gasteiger partial charge in [-0.15, -0.1) is 0 Å². The molecule has 9 heteroatoms. The highest BCUT2D eigenvalue weighted by Crippen LogP contribution is 2.32. The number of carbonyl (C=O) groups is 3. The Kier molecular flexibility index (Phi) is 4.78. The van der Waals surface area contributed by atoms with E-state index in [1.54, 1.807) is 35.9 Å². The first kappa shape index (κ1) is 20.6. The number of benzene rings is 2. The van der Waals surface area contributed by atoms with Crippen molar-refractivity contribution in [1.82, 2.24) is 19.8 Å². The van der Waals surface area contributed by atoms with Gasteiger partial charge in [0.25, 0.3) is 5.91 Å². The molecule has 164 valence electrons. The maximum absolute atomic E-state index is 14.1. The van der Waals surface area contributed by atoms with E-state index in [-0.39, 0.29) is 30.3 Å². The molecule has 2 aliphatic heterocycles. The van der Waals surface area contributed by atoms with Gasteiger partial charge >= 0.3 is 0 Å². The number of nitrogens with one attached hydrogen (secondary N) is 1. The Morgan fingerprint density at radius 2 is 1.94 bits per heavy atom. The van der Waals surface area contributed by atoms with Gasteiger partial charge in [0.05, 0.1) is 11.3 Å². The summed E-state index contributed by atoms with van der Waals surface area (Å²) in [5.41, 5.74) is 3.24. The van der Waals surface area contributed by atoms with E-state index in [4.69, 9.17) is 5.26 Å². The minimum Gasteiger partial charge on any atom is -0.333 e. The predicted octanol–water partition coefficient (Wildman–Crippen LogP) is 2.53. The second kappa shape index (κ2) is 7.67. The fourth-order valence-electron chi connectivity index (χ4n) is 4.35. The first-order valence-corrected chi connectivity index (χ1v) is 10.4. The summed E-state index contributed by atoms with van der Waals surface area (Å²) < 4.78 is 15.8. The van der Waals surface area contributed by atoms with Gasteiger partial charge in [-0.25, -0.2) is 9.37 Å². The van der Waals surface area contributed by atoms with Gasteiger partial charge in [-0.1, -0.05) is 6.07 Å². The molecule has 0 radical (unpaired) electrons. The maximum atomic E-state index is 14.1. The van der Waals surface area contributed by atoms with Gasteiger partial charge in [0.15, 0.2) is 0 Å². The number of piperidine rings is 1. The molecule has 2 aliphatic rings. The first-order chi connectivity index (χ1) is 15.9. The SMILES string of the molecule is Cn1cc(-c2ccc3c(c2)CN(C2CCC(=O)NC2=O)C3=O)nc1-c1ccc(C#N)c(F)c1. The van der Waals surface area contributed by atoms with Crippen LogP contribution in [0.4, 0.5) is 4.39 Å². The highest BCUT2D eigenvalue weighted by molar-refractivity contribution is 6.05. The maximum Gasteiger partial charge on any atom is 0.255 e. The third-order valence-corrected chi connectivity index (χ3v) is 6.04. The second-order valence-corrected chi connectivity index (χ2v) is 8.14. The lowest BCUT2D eigenvalue weighted by Gasteiger charge is -2.29. The molecule has 3 aromatic rings. The Hall–Kier alpha value is -4.32. The van der Waals surface area contributed by atoms with Crippen molar-refractivity contribution >= 4 is 17.7 Å². The van der Waals surface area contributed by atoms with Crippen LogP contribution in [0.1, 0.15) is 34.3 Å². The molecule has 0 bridgehead atoms. The van der Waals surface area contributed by atoms with Crippen LogP contribution in [0.2, 0.25) is 0 Å². The van der Waals surface area contributed by atoms with Crippen LogP contribution in [-0.2, 0) is 23.2 Å². The van der Waals surface area contributed by atoms with Crippen LogP contribution in [0.15, 0.2) is 42.6 Å². The highest BCUT2D eigenvalue weighted by atomic mass is 19.1. The van der Waals surface area contributed by atoms with Crippen LogP contribution in [0.25, 0.3) is 22.6 Å². The summed E-state index contributed by atoms with van der Waals surface area (Å²) in [6.45, 7) is 0.273. The van der Waals surface area contributed by atoms with Crippen LogP contribution in [0.5, 0.6) is 0 Å². The van der Waals surface area contributed by atoms with Crippen LogP contribution >= 0.6 is 0 Å². The molecule has 3 heterocycles. The molecule has 33 heavy (non-hydrogen) atoms. The lowest BCUT2D eigenvalue weighted by Crippen LogP contribution is -2.52. The standard InChI is InChI=1S/C24H18FN5O3/c1-29-12-19(27-22(29)14-2-3-15(10-26)18(25)9-14)13-4-5-17-16(8-13)11-30(24(17)33)20-6-7-21(31)28-23(20)32/h2-5,8-9,12,20H,6-7,11H2,1H3,(H,28,31,32). The minimum atomic E-state index is -0.668. The zero-order chi connectivity index (χ0) is 23.3. The molecule has 1 fully saturated rings. The highest BCUT2D eigenvalue weighted by Gasteiger charge is 2.39. The quantitative estimate of drug-likeness (QED) is 0.626. The summed E-state index contributed by atoms with van der Waals surface area (Å²) in [5, 5.41) is 11.2. The fraction of sp³-hybridized carbons (Fsp3) is 0.208. The largest absolute Gasteiger partial charge is 0.333 e. The molecule has 5 rings (SSSR count). The molecule has 1 saturated heterocycles. The van der Waals surface area contributed by atoms with E-state index < -0.39 is 17.8 Å². The van der Waals surface area contributed by atoms with E-state index in [9.17, 15) is 18.8 Å². The van der Waals surface area contributed by atoms with Crippen LogP contribution in [0.3, 0.4) is 0 Å². The van der Waals surface area contributed by atoms with Gasteiger partial charge in [-0.05, 0) is 42.3 Å². The van der Waals surface area contributed by atoms with Gasteiger partial charge in [0.1, 0.15) is 23.8 Å². The van der Waals surface area contributed by atoms with E-state index in [1.165, 1.54) is 17.0 Å². The Morgan fingerprint density at radius 3 is 2.67 bits per heavy atom. The van der Waals surface area contributed by atoms with Crippen molar-refractivity contribution in [3.63, 3.8) is 0 Å². The van der Waals surface area contributed by atoms with Gasteiger partial charge in [-0.3, -0.25) is 19.7 Å². The summed E-state index contributed by atoms with van der Waals surface area (Å²) in [6.07, 6.45) is 2.32. The molecule has 2 aromatic carbocycles. The number of rotatable bonds is 3. The number of carbonyl (C=O) groups excluding carboxylic acids is 3. The Morgan fingerprint density at radius 1 is 1.15 bits per heavy atom.